The molecule has 76 valence electrons. The number of fused-ring (bicyclic) bond motifs is 1. The molecule has 0 fully saturated rings. The molecule has 0 unspecified atom stereocenters. The summed E-state index contributed by atoms with van der Waals surface area (Å²) >= 11 is 7.24. The minimum Gasteiger partial charge on any atom is -0.357 e. The predicted molar refractivity (Wildman–Crippen MR) is 69.4 cm³/mol. The van der Waals surface area contributed by atoms with Crippen molar-refractivity contribution >= 4 is 34.5 Å². The fourth-order valence-electron chi connectivity index (χ4n) is 1.99. The monoisotopic (exact) mass is 233 g/mol. The Bertz CT molecular complexity index is 462. The van der Waals surface area contributed by atoms with Gasteiger partial charge in [-0.1, -0.05) is 36.1 Å². The highest BCUT2D eigenvalue weighted by Crippen LogP contribution is 2.43. The summed E-state index contributed by atoms with van der Waals surface area (Å²) in [4.78, 5) is 3.72. The molecule has 3 heteroatoms. The number of thiocarbonyl (C=S) groups is 1. The maximum absolute atomic E-state index is 5.41. The Morgan fingerprint density at radius 2 is 2.07 bits per heavy atom. The SMILES string of the molecule is S=C1CCCC2=C1Sc1ccccc1N2. The summed E-state index contributed by atoms with van der Waals surface area (Å²) in [6.45, 7) is 0. The van der Waals surface area contributed by atoms with Crippen LogP contribution in [0.15, 0.2) is 39.8 Å². The van der Waals surface area contributed by atoms with E-state index in [1.54, 1.807) is 0 Å². The third-order valence-corrected chi connectivity index (χ3v) is 4.55. The Morgan fingerprint density at radius 3 is 3.00 bits per heavy atom. The summed E-state index contributed by atoms with van der Waals surface area (Å²) < 4.78 is 0. The van der Waals surface area contributed by atoms with Gasteiger partial charge in [-0.15, -0.1) is 0 Å². The second kappa shape index (κ2) is 3.65. The third kappa shape index (κ3) is 1.60. The number of thioether (sulfide) groups is 1. The molecule has 15 heavy (non-hydrogen) atoms. The quantitative estimate of drug-likeness (QED) is 0.681. The van der Waals surface area contributed by atoms with E-state index in [2.05, 4.69) is 29.6 Å². The number of rotatable bonds is 0. The third-order valence-electron chi connectivity index (χ3n) is 2.74. The number of para-hydroxylation sites is 1. The van der Waals surface area contributed by atoms with Crippen LogP contribution in [0.25, 0.3) is 0 Å². The molecule has 1 aromatic rings. The number of allylic oxidation sites excluding steroid dienone is 2. The van der Waals surface area contributed by atoms with Gasteiger partial charge in [-0.05, 0) is 31.4 Å². The molecule has 1 heterocycles. The van der Waals surface area contributed by atoms with Crippen molar-refractivity contribution in [2.24, 2.45) is 0 Å². The maximum atomic E-state index is 5.41. The van der Waals surface area contributed by atoms with Crippen molar-refractivity contribution in [1.29, 1.82) is 0 Å². The average Bonchev–Trinajstić information content (AvgIpc) is 2.27. The summed E-state index contributed by atoms with van der Waals surface area (Å²) in [7, 11) is 0. The Labute approximate surface area is 99.0 Å². The normalized spacial score (nSPS) is 19.3. The first kappa shape index (κ1) is 9.43. The second-order valence-corrected chi connectivity index (χ2v) is 5.35. The number of anilines is 1. The zero-order valence-electron chi connectivity index (χ0n) is 8.25. The lowest BCUT2D eigenvalue weighted by molar-refractivity contribution is 0.841. The van der Waals surface area contributed by atoms with E-state index in [9.17, 15) is 0 Å². The Kier molecular flexibility index (Phi) is 2.29. The minimum atomic E-state index is 1.07. The van der Waals surface area contributed by atoms with Gasteiger partial charge in [0.1, 0.15) is 0 Å². The average molecular weight is 233 g/mol. The molecule has 1 aliphatic heterocycles. The van der Waals surface area contributed by atoms with E-state index in [4.69, 9.17) is 12.2 Å². The van der Waals surface area contributed by atoms with E-state index in [0.29, 0.717) is 0 Å². The van der Waals surface area contributed by atoms with E-state index in [1.165, 1.54) is 27.6 Å². The summed E-state index contributed by atoms with van der Waals surface area (Å²) in [6, 6.07) is 8.42. The Hall–Kier alpha value is -0.800. The van der Waals surface area contributed by atoms with Gasteiger partial charge in [0.05, 0.1) is 5.69 Å². The van der Waals surface area contributed by atoms with Crippen molar-refractivity contribution in [3.8, 4) is 0 Å². The van der Waals surface area contributed by atoms with Gasteiger partial charge >= 0.3 is 0 Å². The summed E-state index contributed by atoms with van der Waals surface area (Å²) in [5.41, 5.74) is 2.56. The lowest BCUT2D eigenvalue weighted by Gasteiger charge is -2.27. The molecule has 0 atom stereocenters. The predicted octanol–water partition coefficient (Wildman–Crippen LogP) is 3.97. The molecule has 0 aromatic heterocycles. The molecular formula is C12H11NS2. The first-order valence-corrected chi connectivity index (χ1v) is 6.37. The largest absolute Gasteiger partial charge is 0.357 e. The van der Waals surface area contributed by atoms with E-state index in [-0.39, 0.29) is 0 Å². The second-order valence-electron chi connectivity index (χ2n) is 3.81. The fraction of sp³-hybridized carbons (Fsp3) is 0.250. The van der Waals surface area contributed by atoms with E-state index >= 15 is 0 Å². The molecule has 1 aliphatic carbocycles. The summed E-state index contributed by atoms with van der Waals surface area (Å²) in [6.07, 6.45) is 3.40. The van der Waals surface area contributed by atoms with Crippen molar-refractivity contribution < 1.29 is 0 Å². The number of hydrogen-bond donors (Lipinski definition) is 1. The molecule has 0 bridgehead atoms. The smallest absolute Gasteiger partial charge is 0.0523 e. The first-order chi connectivity index (χ1) is 7.34. The standard InChI is InChI=1S/C12H11NS2/c14-10-6-3-5-9-12(10)15-11-7-2-1-4-8(11)13-9/h1-2,4,7,13H,3,5-6H2. The summed E-state index contributed by atoms with van der Waals surface area (Å²) in [5.74, 6) is 0. The van der Waals surface area contributed by atoms with Crippen LogP contribution in [-0.2, 0) is 0 Å². The number of nitrogens with one attached hydrogen (secondary N) is 1. The van der Waals surface area contributed by atoms with Gasteiger partial charge in [-0.25, -0.2) is 0 Å². The maximum Gasteiger partial charge on any atom is 0.0523 e. The molecule has 1 nitrogen and oxygen atoms in total. The van der Waals surface area contributed by atoms with Crippen molar-refractivity contribution in [2.45, 2.75) is 24.2 Å². The molecule has 3 rings (SSSR count). The topological polar surface area (TPSA) is 12.0 Å². The van der Waals surface area contributed by atoms with Crippen LogP contribution in [0.5, 0.6) is 0 Å². The Balaban J connectivity index is 2.04. The van der Waals surface area contributed by atoms with E-state index in [1.807, 2.05) is 11.8 Å². The molecular weight excluding hydrogens is 222 g/mol. The van der Waals surface area contributed by atoms with Crippen LogP contribution in [0.2, 0.25) is 0 Å². The van der Waals surface area contributed by atoms with Crippen LogP contribution < -0.4 is 5.32 Å². The fourth-order valence-corrected chi connectivity index (χ4v) is 3.47. The number of hydrogen-bond acceptors (Lipinski definition) is 3. The van der Waals surface area contributed by atoms with Crippen molar-refractivity contribution in [3.63, 3.8) is 0 Å². The molecule has 1 N–H and O–H groups in total. The minimum absolute atomic E-state index is 1.07. The molecule has 0 radical (unpaired) electrons. The lowest BCUT2D eigenvalue weighted by atomic mass is 10.0. The van der Waals surface area contributed by atoms with Gasteiger partial charge in [0.2, 0.25) is 0 Å². The van der Waals surface area contributed by atoms with Crippen LogP contribution >= 0.6 is 24.0 Å². The Morgan fingerprint density at radius 1 is 1.20 bits per heavy atom. The van der Waals surface area contributed by atoms with E-state index in [0.717, 1.165) is 17.7 Å². The van der Waals surface area contributed by atoms with Gasteiger partial charge in [0.25, 0.3) is 0 Å². The highest BCUT2D eigenvalue weighted by Gasteiger charge is 2.23. The molecule has 0 spiro atoms. The van der Waals surface area contributed by atoms with Gasteiger partial charge in [0.15, 0.2) is 0 Å². The molecule has 0 saturated carbocycles. The van der Waals surface area contributed by atoms with Crippen LogP contribution in [0.3, 0.4) is 0 Å². The molecule has 1 aromatic carbocycles. The molecule has 2 aliphatic rings. The van der Waals surface area contributed by atoms with E-state index < -0.39 is 0 Å². The van der Waals surface area contributed by atoms with Crippen LogP contribution in [0.1, 0.15) is 19.3 Å². The zero-order valence-corrected chi connectivity index (χ0v) is 9.88. The van der Waals surface area contributed by atoms with Crippen molar-refractivity contribution in [1.82, 2.24) is 0 Å². The molecule has 0 amide bonds. The number of benzene rings is 1. The first-order valence-electron chi connectivity index (χ1n) is 5.15. The van der Waals surface area contributed by atoms with Crippen molar-refractivity contribution in [3.05, 3.63) is 34.9 Å². The van der Waals surface area contributed by atoms with Crippen molar-refractivity contribution in [2.75, 3.05) is 5.32 Å². The highest BCUT2D eigenvalue weighted by atomic mass is 32.2. The summed E-state index contributed by atoms with van der Waals surface area (Å²) in [5, 5.41) is 3.50. The van der Waals surface area contributed by atoms with Crippen LogP contribution in [0.4, 0.5) is 5.69 Å². The van der Waals surface area contributed by atoms with Crippen LogP contribution in [0, 0.1) is 0 Å². The van der Waals surface area contributed by atoms with Gasteiger partial charge in [-0.3, -0.25) is 0 Å². The zero-order chi connectivity index (χ0) is 10.3. The van der Waals surface area contributed by atoms with Gasteiger partial charge in [0, 0.05) is 20.4 Å². The van der Waals surface area contributed by atoms with Gasteiger partial charge < -0.3 is 5.32 Å². The highest BCUT2D eigenvalue weighted by molar-refractivity contribution is 8.05. The molecule has 0 saturated heterocycles. The van der Waals surface area contributed by atoms with Crippen LogP contribution in [-0.4, -0.2) is 4.86 Å². The lowest BCUT2D eigenvalue weighted by Crippen LogP contribution is -2.16. The van der Waals surface area contributed by atoms with Gasteiger partial charge in [-0.2, -0.15) is 0 Å².